The molecule has 0 spiro atoms. The second kappa shape index (κ2) is 8.54. The van der Waals surface area contributed by atoms with Crippen molar-refractivity contribution in [2.24, 2.45) is 4.99 Å². The van der Waals surface area contributed by atoms with E-state index in [1.165, 1.54) is 13.1 Å². The largest absolute Gasteiger partial charge is 0.573 e. The van der Waals surface area contributed by atoms with E-state index in [1.54, 1.807) is 19.2 Å². The predicted molar refractivity (Wildman–Crippen MR) is 102 cm³/mol. The monoisotopic (exact) mass is 454 g/mol. The van der Waals surface area contributed by atoms with Crippen molar-refractivity contribution < 1.29 is 35.8 Å². The number of methoxy groups -OCH3 is 1. The van der Waals surface area contributed by atoms with Crippen molar-refractivity contribution in [2.75, 3.05) is 7.11 Å². The van der Waals surface area contributed by atoms with Gasteiger partial charge in [-0.1, -0.05) is 6.92 Å². The molecule has 1 atom stereocenters. The van der Waals surface area contributed by atoms with Crippen molar-refractivity contribution >= 4 is 22.7 Å². The highest BCUT2D eigenvalue weighted by molar-refractivity contribution is 7.13. The van der Waals surface area contributed by atoms with Gasteiger partial charge in [-0.05, 0) is 38.8 Å². The van der Waals surface area contributed by atoms with Gasteiger partial charge in [-0.15, -0.1) is 24.5 Å². The number of hydrogen-bond donors (Lipinski definition) is 0. The van der Waals surface area contributed by atoms with Gasteiger partial charge in [-0.25, -0.2) is 4.98 Å². The zero-order valence-electron chi connectivity index (χ0n) is 16.8. The first-order chi connectivity index (χ1) is 13.7. The van der Waals surface area contributed by atoms with Gasteiger partial charge in [-0.3, -0.25) is 4.99 Å². The Morgan fingerprint density at radius 2 is 1.83 bits per heavy atom. The molecule has 0 aliphatic heterocycles. The van der Waals surface area contributed by atoms with E-state index in [2.05, 4.69) is 14.7 Å². The van der Waals surface area contributed by atoms with Gasteiger partial charge in [0.05, 0.1) is 0 Å². The van der Waals surface area contributed by atoms with Crippen LogP contribution in [0.2, 0.25) is 0 Å². The lowest BCUT2D eigenvalue weighted by Gasteiger charge is -2.33. The Labute approximate surface area is 173 Å². The van der Waals surface area contributed by atoms with E-state index >= 15 is 0 Å². The molecule has 30 heavy (non-hydrogen) atoms. The first kappa shape index (κ1) is 24.1. The summed E-state index contributed by atoms with van der Waals surface area (Å²) in [4.78, 5) is 8.26. The first-order valence-electron chi connectivity index (χ1n) is 8.74. The minimum absolute atomic E-state index is 0.210. The maximum atomic E-state index is 13.9. The van der Waals surface area contributed by atoms with Crippen LogP contribution in [-0.2, 0) is 10.3 Å². The van der Waals surface area contributed by atoms with E-state index in [1.807, 2.05) is 0 Å². The number of aromatic nitrogens is 1. The van der Waals surface area contributed by atoms with E-state index in [9.17, 15) is 26.3 Å². The van der Waals surface area contributed by atoms with Gasteiger partial charge in [-0.2, -0.15) is 13.2 Å². The molecule has 0 fully saturated rings. The standard InChI is InChI=1S/C19H20F6N2O2S/c1-6-10(2)27-14-11(3)12(16-26-7-8-30-16)9-13(15(14)29-19(23,24)25)17(4,28-5)18(20,21)22/h7-9H,6H2,1-5H3/b27-10-. The van der Waals surface area contributed by atoms with Crippen LogP contribution in [0.3, 0.4) is 0 Å². The molecule has 1 heterocycles. The summed E-state index contributed by atoms with van der Waals surface area (Å²) >= 11 is 1.13. The molecule has 0 N–H and O–H groups in total. The van der Waals surface area contributed by atoms with Crippen molar-refractivity contribution in [2.45, 2.75) is 52.3 Å². The third-order valence-electron chi connectivity index (χ3n) is 4.67. The number of halogens is 6. The molecule has 0 aliphatic rings. The number of aliphatic imine (C=N–C) groups is 1. The van der Waals surface area contributed by atoms with Crippen LogP contribution in [0.25, 0.3) is 10.6 Å². The molecule has 0 amide bonds. The Kier molecular flexibility index (Phi) is 6.87. The summed E-state index contributed by atoms with van der Waals surface area (Å²) in [6, 6.07) is 0.979. The minimum Gasteiger partial charge on any atom is -0.403 e. The van der Waals surface area contributed by atoms with Gasteiger partial charge in [0.25, 0.3) is 0 Å². The van der Waals surface area contributed by atoms with Crippen LogP contribution in [0.5, 0.6) is 5.75 Å². The van der Waals surface area contributed by atoms with Gasteiger partial charge >= 0.3 is 12.5 Å². The fourth-order valence-corrected chi connectivity index (χ4v) is 3.39. The molecule has 0 bridgehead atoms. The zero-order valence-corrected chi connectivity index (χ0v) is 17.6. The zero-order chi connectivity index (χ0) is 22.9. The Balaban J connectivity index is 3.03. The van der Waals surface area contributed by atoms with Gasteiger partial charge in [0.15, 0.2) is 11.4 Å². The first-order valence-corrected chi connectivity index (χ1v) is 9.62. The summed E-state index contributed by atoms with van der Waals surface area (Å²) in [5, 5.41) is 1.94. The van der Waals surface area contributed by atoms with Crippen molar-refractivity contribution in [3.8, 4) is 16.3 Å². The number of alkyl halides is 6. The molecule has 0 saturated carbocycles. The molecule has 2 rings (SSSR count). The van der Waals surface area contributed by atoms with Gasteiger partial charge in [0, 0.05) is 35.5 Å². The molecular formula is C19H20F6N2O2S. The van der Waals surface area contributed by atoms with E-state index in [4.69, 9.17) is 4.74 Å². The summed E-state index contributed by atoms with van der Waals surface area (Å²) in [6.07, 6.45) is -8.46. The summed E-state index contributed by atoms with van der Waals surface area (Å²) in [5.41, 5.74) is -3.43. The lowest BCUT2D eigenvalue weighted by molar-refractivity contribution is -0.283. The molecule has 0 radical (unpaired) electrons. The van der Waals surface area contributed by atoms with Crippen molar-refractivity contribution in [3.05, 3.63) is 28.8 Å². The van der Waals surface area contributed by atoms with Crippen LogP contribution in [0, 0.1) is 6.92 Å². The highest BCUT2D eigenvalue weighted by Gasteiger charge is 2.56. The molecule has 11 heteroatoms. The quantitative estimate of drug-likeness (QED) is 0.351. The van der Waals surface area contributed by atoms with Crippen LogP contribution in [0.15, 0.2) is 22.6 Å². The molecular weight excluding hydrogens is 434 g/mol. The number of hydrogen-bond acceptors (Lipinski definition) is 5. The van der Waals surface area contributed by atoms with Crippen LogP contribution < -0.4 is 4.74 Å². The number of nitrogens with zero attached hydrogens (tertiary/aromatic N) is 2. The second-order valence-corrected chi connectivity index (χ2v) is 7.49. The summed E-state index contributed by atoms with van der Waals surface area (Å²) in [5.74, 6) is -1.05. The smallest absolute Gasteiger partial charge is 0.403 e. The van der Waals surface area contributed by atoms with E-state index in [0.29, 0.717) is 24.1 Å². The molecule has 0 aliphatic carbocycles. The second-order valence-electron chi connectivity index (χ2n) is 6.60. The molecule has 2 aromatic rings. The molecule has 4 nitrogen and oxygen atoms in total. The van der Waals surface area contributed by atoms with Gasteiger partial charge < -0.3 is 9.47 Å². The fraction of sp³-hybridized carbons (Fsp3) is 0.474. The molecule has 166 valence electrons. The fourth-order valence-electron chi connectivity index (χ4n) is 2.68. The van der Waals surface area contributed by atoms with Crippen molar-refractivity contribution in [3.63, 3.8) is 0 Å². The SMILES string of the molecule is CC/C(C)=N\c1c(C)c(-c2nccs2)cc(C(C)(OC)C(F)(F)F)c1OC(F)(F)F. The van der Waals surface area contributed by atoms with E-state index in [-0.39, 0.29) is 16.8 Å². The van der Waals surface area contributed by atoms with Crippen LogP contribution in [-0.4, -0.2) is 30.3 Å². The van der Waals surface area contributed by atoms with Gasteiger partial charge in [0.2, 0.25) is 0 Å². The van der Waals surface area contributed by atoms with Crippen LogP contribution >= 0.6 is 11.3 Å². The Bertz CT molecular complexity index is 923. The Hall–Kier alpha value is -2.14. The van der Waals surface area contributed by atoms with Crippen molar-refractivity contribution in [1.82, 2.24) is 4.98 Å². The third kappa shape index (κ3) is 4.77. The average Bonchev–Trinajstić information content (AvgIpc) is 3.16. The van der Waals surface area contributed by atoms with Gasteiger partial charge in [0.1, 0.15) is 10.7 Å². The number of benzene rings is 1. The van der Waals surface area contributed by atoms with E-state index < -0.39 is 29.5 Å². The molecule has 1 aromatic carbocycles. The summed E-state index contributed by atoms with van der Waals surface area (Å²) in [6.45, 7) is 5.39. The molecule has 0 saturated heterocycles. The molecule has 1 unspecified atom stereocenters. The number of rotatable bonds is 6. The topological polar surface area (TPSA) is 43.7 Å². The third-order valence-corrected chi connectivity index (χ3v) is 5.47. The average molecular weight is 454 g/mol. The maximum Gasteiger partial charge on any atom is 0.573 e. The highest BCUT2D eigenvalue weighted by Crippen LogP contribution is 2.52. The van der Waals surface area contributed by atoms with Crippen LogP contribution in [0.4, 0.5) is 32.0 Å². The summed E-state index contributed by atoms with van der Waals surface area (Å²) in [7, 11) is 0.772. The lowest BCUT2D eigenvalue weighted by Crippen LogP contribution is -2.42. The summed E-state index contributed by atoms with van der Waals surface area (Å²) < 4.78 is 90.2. The number of ether oxygens (including phenoxy) is 2. The number of thiazole rings is 1. The lowest BCUT2D eigenvalue weighted by atomic mass is 9.89. The Morgan fingerprint density at radius 1 is 1.20 bits per heavy atom. The predicted octanol–water partition coefficient (Wildman–Crippen LogP) is 6.94. The van der Waals surface area contributed by atoms with Crippen LogP contribution in [0.1, 0.15) is 38.3 Å². The highest BCUT2D eigenvalue weighted by atomic mass is 32.1. The van der Waals surface area contributed by atoms with E-state index in [0.717, 1.165) is 24.5 Å². The maximum absolute atomic E-state index is 13.9. The molecule has 1 aromatic heterocycles. The van der Waals surface area contributed by atoms with Crippen molar-refractivity contribution in [1.29, 1.82) is 0 Å². The normalized spacial score (nSPS) is 15.2. The Morgan fingerprint density at radius 3 is 2.27 bits per heavy atom. The minimum atomic E-state index is -5.24.